The molecule has 4 nitrogen and oxygen atoms in total. The molecular formula is C14H26N4S. The fourth-order valence-electron chi connectivity index (χ4n) is 2.72. The molecule has 0 bridgehead atoms. The molecule has 108 valence electrons. The summed E-state index contributed by atoms with van der Waals surface area (Å²) >= 11 is 1.83. The molecule has 1 aromatic heterocycles. The normalized spacial score (nSPS) is 21.3. The standard InChI is InChI=1S/C14H26N4S/c1-5-17(6-2)12-7-8-18(10-12)14-16-9-13(19-14)11(3)15-4/h9,11-12,15H,5-8,10H2,1-4H3. The Morgan fingerprint density at radius 3 is 2.89 bits per heavy atom. The van der Waals surface area contributed by atoms with Gasteiger partial charge in [-0.15, -0.1) is 11.3 Å². The molecule has 5 heteroatoms. The average molecular weight is 282 g/mol. The number of hydrogen-bond donors (Lipinski definition) is 1. The maximum atomic E-state index is 4.60. The summed E-state index contributed by atoms with van der Waals surface area (Å²) in [7, 11) is 2.00. The van der Waals surface area contributed by atoms with Crippen molar-refractivity contribution < 1.29 is 0 Å². The van der Waals surface area contributed by atoms with Crippen molar-refractivity contribution in [1.82, 2.24) is 15.2 Å². The van der Waals surface area contributed by atoms with Crippen molar-refractivity contribution in [3.63, 3.8) is 0 Å². The number of aromatic nitrogens is 1. The number of nitrogens with zero attached hydrogens (tertiary/aromatic N) is 3. The summed E-state index contributed by atoms with van der Waals surface area (Å²) in [5.41, 5.74) is 0. The van der Waals surface area contributed by atoms with Crippen molar-refractivity contribution >= 4 is 16.5 Å². The van der Waals surface area contributed by atoms with Crippen molar-refractivity contribution in [1.29, 1.82) is 0 Å². The summed E-state index contributed by atoms with van der Waals surface area (Å²) in [5.74, 6) is 0. The zero-order chi connectivity index (χ0) is 13.8. The Morgan fingerprint density at radius 1 is 1.53 bits per heavy atom. The third kappa shape index (κ3) is 3.27. The Hall–Kier alpha value is -0.650. The zero-order valence-corrected chi connectivity index (χ0v) is 13.3. The second-order valence-corrected chi connectivity index (χ2v) is 6.21. The van der Waals surface area contributed by atoms with Crippen LogP contribution in [0.25, 0.3) is 0 Å². The molecule has 1 aromatic rings. The molecule has 2 unspecified atom stereocenters. The van der Waals surface area contributed by atoms with Gasteiger partial charge in [0.15, 0.2) is 5.13 Å². The first-order chi connectivity index (χ1) is 9.19. The van der Waals surface area contributed by atoms with Gasteiger partial charge in [-0.2, -0.15) is 0 Å². The van der Waals surface area contributed by atoms with Crippen molar-refractivity contribution in [2.24, 2.45) is 0 Å². The van der Waals surface area contributed by atoms with E-state index < -0.39 is 0 Å². The van der Waals surface area contributed by atoms with Crippen LogP contribution < -0.4 is 10.2 Å². The van der Waals surface area contributed by atoms with Gasteiger partial charge in [0.25, 0.3) is 0 Å². The summed E-state index contributed by atoms with van der Waals surface area (Å²) in [5, 5.41) is 4.46. The van der Waals surface area contributed by atoms with Gasteiger partial charge in [0.2, 0.25) is 0 Å². The zero-order valence-electron chi connectivity index (χ0n) is 12.5. The highest BCUT2D eigenvalue weighted by molar-refractivity contribution is 7.15. The van der Waals surface area contributed by atoms with Crippen LogP contribution >= 0.6 is 11.3 Å². The van der Waals surface area contributed by atoms with Gasteiger partial charge in [0, 0.05) is 36.2 Å². The van der Waals surface area contributed by atoms with E-state index in [9.17, 15) is 0 Å². The van der Waals surface area contributed by atoms with E-state index in [1.54, 1.807) is 0 Å². The summed E-state index contributed by atoms with van der Waals surface area (Å²) in [6, 6.07) is 1.09. The van der Waals surface area contributed by atoms with Gasteiger partial charge < -0.3 is 10.2 Å². The van der Waals surface area contributed by atoms with Crippen molar-refractivity contribution in [2.45, 2.75) is 39.3 Å². The Morgan fingerprint density at radius 2 is 2.26 bits per heavy atom. The first-order valence-electron chi connectivity index (χ1n) is 7.31. The lowest BCUT2D eigenvalue weighted by molar-refractivity contribution is 0.232. The van der Waals surface area contributed by atoms with E-state index in [1.807, 2.05) is 24.6 Å². The van der Waals surface area contributed by atoms with Gasteiger partial charge in [0.05, 0.1) is 0 Å². The monoisotopic (exact) mass is 282 g/mol. The van der Waals surface area contributed by atoms with Crippen molar-refractivity contribution in [2.75, 3.05) is 38.1 Å². The van der Waals surface area contributed by atoms with Crippen LogP contribution in [0.4, 0.5) is 5.13 Å². The fourth-order valence-corrected chi connectivity index (χ4v) is 3.73. The number of hydrogen-bond acceptors (Lipinski definition) is 5. The lowest BCUT2D eigenvalue weighted by atomic mass is 10.2. The summed E-state index contributed by atoms with van der Waals surface area (Å²) < 4.78 is 0. The first-order valence-corrected chi connectivity index (χ1v) is 8.13. The summed E-state index contributed by atoms with van der Waals surface area (Å²) in [6.07, 6.45) is 3.28. The van der Waals surface area contributed by atoms with E-state index in [1.165, 1.54) is 16.4 Å². The lowest BCUT2D eigenvalue weighted by Crippen LogP contribution is -2.37. The largest absolute Gasteiger partial charge is 0.346 e. The molecule has 19 heavy (non-hydrogen) atoms. The molecule has 1 fully saturated rings. The van der Waals surface area contributed by atoms with Gasteiger partial charge in [-0.1, -0.05) is 13.8 Å². The van der Waals surface area contributed by atoms with Crippen LogP contribution in [0, 0.1) is 0 Å². The maximum Gasteiger partial charge on any atom is 0.185 e. The van der Waals surface area contributed by atoms with Crippen molar-refractivity contribution in [3.05, 3.63) is 11.1 Å². The predicted octanol–water partition coefficient (Wildman–Crippen LogP) is 2.34. The predicted molar refractivity (Wildman–Crippen MR) is 83.1 cm³/mol. The van der Waals surface area contributed by atoms with E-state index in [2.05, 4.69) is 40.9 Å². The van der Waals surface area contributed by atoms with E-state index >= 15 is 0 Å². The number of nitrogens with one attached hydrogen (secondary N) is 1. The van der Waals surface area contributed by atoms with Crippen LogP contribution in [0.3, 0.4) is 0 Å². The quantitative estimate of drug-likeness (QED) is 0.868. The van der Waals surface area contributed by atoms with Crippen LogP contribution in [0.15, 0.2) is 6.20 Å². The Kier molecular flexibility index (Phi) is 5.19. The minimum atomic E-state index is 0.396. The fraction of sp³-hybridized carbons (Fsp3) is 0.786. The minimum Gasteiger partial charge on any atom is -0.346 e. The highest BCUT2D eigenvalue weighted by Gasteiger charge is 2.27. The lowest BCUT2D eigenvalue weighted by Gasteiger charge is -2.25. The molecule has 1 aliphatic heterocycles. The Bertz CT molecular complexity index is 389. The van der Waals surface area contributed by atoms with Crippen LogP contribution in [-0.4, -0.2) is 49.2 Å². The molecule has 2 atom stereocenters. The van der Waals surface area contributed by atoms with Gasteiger partial charge >= 0.3 is 0 Å². The van der Waals surface area contributed by atoms with Gasteiger partial charge in [0.1, 0.15) is 0 Å². The summed E-state index contributed by atoms with van der Waals surface area (Å²) in [6.45, 7) is 11.2. The van der Waals surface area contributed by atoms with E-state index in [4.69, 9.17) is 0 Å². The first kappa shape index (κ1) is 14.8. The molecule has 1 N–H and O–H groups in total. The van der Waals surface area contributed by atoms with Crippen molar-refractivity contribution in [3.8, 4) is 0 Å². The number of likely N-dealkylation sites (N-methyl/N-ethyl adjacent to an activating group) is 1. The van der Waals surface area contributed by atoms with Crippen LogP contribution in [0.5, 0.6) is 0 Å². The molecule has 1 saturated heterocycles. The number of rotatable bonds is 6. The molecule has 2 rings (SSSR count). The molecule has 0 spiro atoms. The van der Waals surface area contributed by atoms with E-state index in [-0.39, 0.29) is 0 Å². The van der Waals surface area contributed by atoms with Crippen LogP contribution in [-0.2, 0) is 0 Å². The molecule has 2 heterocycles. The molecule has 0 aliphatic carbocycles. The highest BCUT2D eigenvalue weighted by Crippen LogP contribution is 2.30. The Labute approximate surface area is 120 Å². The second-order valence-electron chi connectivity index (χ2n) is 5.17. The third-order valence-electron chi connectivity index (χ3n) is 4.13. The molecule has 0 amide bonds. The smallest absolute Gasteiger partial charge is 0.185 e. The summed E-state index contributed by atoms with van der Waals surface area (Å²) in [4.78, 5) is 10.9. The molecule has 1 aliphatic rings. The topological polar surface area (TPSA) is 31.4 Å². The third-order valence-corrected chi connectivity index (χ3v) is 5.37. The second kappa shape index (κ2) is 6.68. The average Bonchev–Trinajstić information content (AvgIpc) is 3.07. The van der Waals surface area contributed by atoms with Gasteiger partial charge in [-0.3, -0.25) is 4.90 Å². The Balaban J connectivity index is 1.98. The SMILES string of the molecule is CCN(CC)C1CCN(c2ncc(C(C)NC)s2)C1. The highest BCUT2D eigenvalue weighted by atomic mass is 32.1. The van der Waals surface area contributed by atoms with Gasteiger partial charge in [-0.05, 0) is 33.5 Å². The van der Waals surface area contributed by atoms with Crippen LogP contribution in [0.1, 0.15) is 38.1 Å². The number of anilines is 1. The minimum absolute atomic E-state index is 0.396. The molecule has 0 saturated carbocycles. The van der Waals surface area contributed by atoms with Gasteiger partial charge in [-0.25, -0.2) is 4.98 Å². The molecule has 0 radical (unpaired) electrons. The van der Waals surface area contributed by atoms with E-state index in [0.717, 1.165) is 26.2 Å². The number of thiazole rings is 1. The maximum absolute atomic E-state index is 4.60. The van der Waals surface area contributed by atoms with E-state index in [0.29, 0.717) is 12.1 Å². The molecular weight excluding hydrogens is 256 g/mol. The van der Waals surface area contributed by atoms with Crippen LogP contribution in [0.2, 0.25) is 0 Å². The molecule has 0 aromatic carbocycles.